The van der Waals surface area contributed by atoms with Gasteiger partial charge in [0, 0.05) is 30.1 Å². The number of ether oxygens (including phenoxy) is 3. The molecule has 4 aliphatic rings. The van der Waals surface area contributed by atoms with Gasteiger partial charge in [-0.1, -0.05) is 0 Å². The van der Waals surface area contributed by atoms with Crippen molar-refractivity contribution < 1.29 is 28.5 Å². The largest absolute Gasteiger partial charge is 0.480 e. The van der Waals surface area contributed by atoms with Crippen molar-refractivity contribution in [1.29, 1.82) is 0 Å². The Hall–Kier alpha value is -3.41. The summed E-state index contributed by atoms with van der Waals surface area (Å²) >= 11 is 0. The Balaban J connectivity index is 1.08. The average molecular weight is 552 g/mol. The van der Waals surface area contributed by atoms with Crippen molar-refractivity contribution in [2.24, 2.45) is 0 Å². The number of nitrogens with one attached hydrogen (secondary N) is 2. The van der Waals surface area contributed by atoms with Gasteiger partial charge in [-0.05, 0) is 63.6 Å². The second-order valence-electron chi connectivity index (χ2n) is 11.2. The number of aryl methyl sites for hydroxylation is 1. The van der Waals surface area contributed by atoms with Crippen molar-refractivity contribution >= 4 is 22.8 Å². The lowest BCUT2D eigenvalue weighted by Crippen LogP contribution is -2.61. The van der Waals surface area contributed by atoms with E-state index >= 15 is 0 Å². The van der Waals surface area contributed by atoms with Crippen LogP contribution in [0.3, 0.4) is 0 Å². The van der Waals surface area contributed by atoms with Gasteiger partial charge in [0.25, 0.3) is 5.91 Å². The summed E-state index contributed by atoms with van der Waals surface area (Å²) in [6.45, 7) is 3.18. The van der Waals surface area contributed by atoms with E-state index in [9.17, 15) is 14.3 Å². The number of aliphatic hydroxyl groups is 1. The Morgan fingerprint density at radius 3 is 2.83 bits per heavy atom. The molecule has 1 aliphatic carbocycles. The van der Waals surface area contributed by atoms with E-state index in [0.29, 0.717) is 73.1 Å². The molecule has 0 radical (unpaired) electrons. The molecule has 3 aromatic rings. The standard InChI is InChI=1S/C29H34FN5O5/c1-18(36)7-13-38-25-5-3-22-26(35-25)20(21(30)15-31-22)6-8-29-11-9-28(10-12-29,17-40-29)32-14-19-2-4-23-27(33-19)34-24(37)16-39-23/h2-5,15,18,32,36H,6-14,16-17H2,1H3,(H,33,34,37). The molecule has 2 bridgehead atoms. The van der Waals surface area contributed by atoms with Gasteiger partial charge in [0.15, 0.2) is 18.2 Å². The van der Waals surface area contributed by atoms with Gasteiger partial charge in [0.1, 0.15) is 5.82 Å². The number of nitrogens with zero attached hydrogens (tertiary/aromatic N) is 3. The van der Waals surface area contributed by atoms with Crippen LogP contribution in [-0.4, -0.2) is 63.0 Å². The summed E-state index contributed by atoms with van der Waals surface area (Å²) < 4.78 is 32.5. The molecular formula is C29H34FN5O5. The minimum atomic E-state index is -0.464. The summed E-state index contributed by atoms with van der Waals surface area (Å²) in [7, 11) is 0. The van der Waals surface area contributed by atoms with Gasteiger partial charge >= 0.3 is 0 Å². The van der Waals surface area contributed by atoms with Gasteiger partial charge in [-0.15, -0.1) is 0 Å². The fourth-order valence-corrected chi connectivity index (χ4v) is 5.78. The molecule has 212 valence electrons. The third-order valence-electron chi connectivity index (χ3n) is 8.31. The van der Waals surface area contributed by atoms with Crippen LogP contribution < -0.4 is 20.1 Å². The van der Waals surface area contributed by atoms with E-state index in [4.69, 9.17) is 14.2 Å². The van der Waals surface area contributed by atoms with Crippen LogP contribution in [0.4, 0.5) is 10.2 Å². The Morgan fingerprint density at radius 2 is 2.05 bits per heavy atom. The first-order chi connectivity index (χ1) is 19.3. The van der Waals surface area contributed by atoms with Crippen LogP contribution >= 0.6 is 0 Å². The zero-order valence-corrected chi connectivity index (χ0v) is 22.5. The fourth-order valence-electron chi connectivity index (χ4n) is 5.78. The van der Waals surface area contributed by atoms with Gasteiger partial charge in [0.2, 0.25) is 5.88 Å². The summed E-state index contributed by atoms with van der Waals surface area (Å²) in [5, 5.41) is 15.9. The van der Waals surface area contributed by atoms with Crippen molar-refractivity contribution in [1.82, 2.24) is 20.3 Å². The molecule has 3 fully saturated rings. The summed E-state index contributed by atoms with van der Waals surface area (Å²) in [5.74, 6) is 0.855. The van der Waals surface area contributed by atoms with Crippen LogP contribution in [0.2, 0.25) is 0 Å². The predicted molar refractivity (Wildman–Crippen MR) is 145 cm³/mol. The van der Waals surface area contributed by atoms with Crippen LogP contribution in [0.1, 0.15) is 56.7 Å². The molecule has 0 aromatic carbocycles. The third kappa shape index (κ3) is 5.59. The molecule has 3 aromatic heterocycles. The van der Waals surface area contributed by atoms with Crippen molar-refractivity contribution in [2.45, 2.75) is 75.7 Å². The molecule has 11 heteroatoms. The summed E-state index contributed by atoms with van der Waals surface area (Å²) in [5.41, 5.74) is 2.06. The summed E-state index contributed by atoms with van der Waals surface area (Å²) in [4.78, 5) is 24.9. The predicted octanol–water partition coefficient (Wildman–Crippen LogP) is 3.45. The van der Waals surface area contributed by atoms with Crippen molar-refractivity contribution in [3.8, 4) is 11.6 Å². The molecular weight excluding hydrogens is 517 g/mol. The summed E-state index contributed by atoms with van der Waals surface area (Å²) in [6, 6.07) is 7.25. The second-order valence-corrected chi connectivity index (χ2v) is 11.2. The molecule has 2 saturated heterocycles. The Labute approximate surface area is 231 Å². The van der Waals surface area contributed by atoms with E-state index < -0.39 is 6.10 Å². The van der Waals surface area contributed by atoms with Gasteiger partial charge < -0.3 is 30.0 Å². The van der Waals surface area contributed by atoms with Gasteiger partial charge in [-0.25, -0.2) is 14.4 Å². The van der Waals surface area contributed by atoms with E-state index in [0.717, 1.165) is 31.4 Å². The minimum Gasteiger partial charge on any atom is -0.480 e. The number of anilines is 1. The molecule has 1 unspecified atom stereocenters. The van der Waals surface area contributed by atoms with Crippen LogP contribution in [0.15, 0.2) is 30.5 Å². The number of aromatic nitrogens is 3. The first-order valence-corrected chi connectivity index (χ1v) is 13.9. The molecule has 10 nitrogen and oxygen atoms in total. The first kappa shape index (κ1) is 26.8. The average Bonchev–Trinajstić information content (AvgIpc) is 2.96. The number of aliphatic hydroxyl groups excluding tert-OH is 1. The van der Waals surface area contributed by atoms with Gasteiger partial charge in [0.05, 0.1) is 47.8 Å². The SMILES string of the molecule is CC(O)CCOc1ccc2ncc(F)c(CCC34CCC(NCc5ccc6c(n5)NC(=O)CO6)(CC3)CO4)c2n1. The highest BCUT2D eigenvalue weighted by molar-refractivity contribution is 5.94. The maximum atomic E-state index is 15.0. The second kappa shape index (κ2) is 10.9. The monoisotopic (exact) mass is 551 g/mol. The van der Waals surface area contributed by atoms with E-state index in [2.05, 4.69) is 25.6 Å². The molecule has 1 amide bonds. The van der Waals surface area contributed by atoms with E-state index in [1.54, 1.807) is 19.1 Å². The molecule has 1 saturated carbocycles. The topological polar surface area (TPSA) is 128 Å². The maximum absolute atomic E-state index is 15.0. The maximum Gasteiger partial charge on any atom is 0.263 e. The third-order valence-corrected chi connectivity index (χ3v) is 8.31. The smallest absolute Gasteiger partial charge is 0.263 e. The number of carbonyl (C=O) groups is 1. The number of halogens is 1. The van der Waals surface area contributed by atoms with Crippen LogP contribution in [0.5, 0.6) is 11.6 Å². The van der Waals surface area contributed by atoms with Crippen LogP contribution in [0, 0.1) is 5.82 Å². The minimum absolute atomic E-state index is 0.00921. The highest BCUT2D eigenvalue weighted by atomic mass is 19.1. The van der Waals surface area contributed by atoms with Gasteiger partial charge in [-0.2, -0.15) is 0 Å². The van der Waals surface area contributed by atoms with Crippen LogP contribution in [0.25, 0.3) is 11.0 Å². The molecule has 1 atom stereocenters. The number of hydrogen-bond donors (Lipinski definition) is 3. The van der Waals surface area contributed by atoms with Crippen molar-refractivity contribution in [3.63, 3.8) is 0 Å². The lowest BCUT2D eigenvalue weighted by molar-refractivity contribution is -0.165. The molecule has 0 spiro atoms. The number of amides is 1. The normalized spacial score (nSPS) is 24.3. The number of rotatable bonds is 10. The summed E-state index contributed by atoms with van der Waals surface area (Å²) in [6.07, 6.45) is 6.14. The van der Waals surface area contributed by atoms with Crippen molar-refractivity contribution in [3.05, 3.63) is 47.5 Å². The lowest BCUT2D eigenvalue weighted by atomic mass is 9.69. The number of fused-ring (bicyclic) bond motifs is 5. The molecule has 3 N–H and O–H groups in total. The lowest BCUT2D eigenvalue weighted by Gasteiger charge is -2.53. The number of hydrogen-bond acceptors (Lipinski definition) is 9. The Kier molecular flexibility index (Phi) is 7.28. The molecule has 40 heavy (non-hydrogen) atoms. The number of carbonyl (C=O) groups excluding carboxylic acids is 1. The van der Waals surface area contributed by atoms with Gasteiger partial charge in [-0.3, -0.25) is 9.78 Å². The zero-order chi connectivity index (χ0) is 27.7. The van der Waals surface area contributed by atoms with E-state index in [1.807, 2.05) is 12.1 Å². The van der Waals surface area contributed by atoms with E-state index in [-0.39, 0.29) is 29.5 Å². The fraction of sp³-hybridized carbons (Fsp3) is 0.517. The Bertz CT molecular complexity index is 1390. The van der Waals surface area contributed by atoms with Crippen molar-refractivity contribution in [2.75, 3.05) is 25.1 Å². The zero-order valence-electron chi connectivity index (χ0n) is 22.5. The molecule has 6 heterocycles. The molecule has 3 aliphatic heterocycles. The Morgan fingerprint density at radius 1 is 1.20 bits per heavy atom. The first-order valence-electron chi connectivity index (χ1n) is 13.9. The van der Waals surface area contributed by atoms with Crippen LogP contribution in [-0.2, 0) is 22.5 Å². The quantitative estimate of drug-likeness (QED) is 0.347. The number of pyridine rings is 3. The highest BCUT2D eigenvalue weighted by Gasteiger charge is 2.49. The highest BCUT2D eigenvalue weighted by Crippen LogP contribution is 2.46. The molecule has 7 rings (SSSR count). The van der Waals surface area contributed by atoms with E-state index in [1.165, 1.54) is 6.20 Å².